The Labute approximate surface area is 221 Å². The zero-order valence-corrected chi connectivity index (χ0v) is 21.6. The first-order chi connectivity index (χ1) is 17.9. The van der Waals surface area contributed by atoms with E-state index in [0.717, 1.165) is 17.8 Å². The summed E-state index contributed by atoms with van der Waals surface area (Å²) < 4.78 is 0. The number of anilines is 2. The second-order valence-corrected chi connectivity index (χ2v) is 9.97. The van der Waals surface area contributed by atoms with Gasteiger partial charge in [0.25, 0.3) is 5.91 Å². The Morgan fingerprint density at radius 3 is 2.62 bits per heavy atom. The minimum atomic E-state index is -0.528. The van der Waals surface area contributed by atoms with Crippen molar-refractivity contribution in [2.45, 2.75) is 38.2 Å². The molecule has 4 heterocycles. The number of piperidine rings is 1. The maximum Gasteiger partial charge on any atom is 0.430 e. The van der Waals surface area contributed by atoms with Gasteiger partial charge in [-0.1, -0.05) is 35.8 Å². The number of hydrogen-bond donors (Lipinski definition) is 1. The standard InChI is InChI=1S/C26H31ClN6O4/c1-2-19-5-3-6-20(17-19)29-25(35)36-33-11-8-26(9-12-33)18-22(30-37-26)24(34)32-15-13-31(14-16-32)23-21(27)7-4-10-28-23/h3-7,10,17H,2,8-9,11-16,18H2,1H3,(H,29,35). The number of aromatic nitrogens is 1. The molecule has 0 saturated carbocycles. The van der Waals surface area contributed by atoms with E-state index in [1.807, 2.05) is 35.2 Å². The summed E-state index contributed by atoms with van der Waals surface area (Å²) in [6, 6.07) is 11.3. The Morgan fingerprint density at radius 2 is 1.89 bits per heavy atom. The molecule has 2 aromatic rings. The van der Waals surface area contributed by atoms with Crippen LogP contribution in [0.4, 0.5) is 16.3 Å². The fourth-order valence-corrected chi connectivity index (χ4v) is 5.17. The molecular weight excluding hydrogens is 496 g/mol. The molecule has 196 valence electrons. The molecule has 3 aliphatic heterocycles. The van der Waals surface area contributed by atoms with Crippen LogP contribution in [0, 0.1) is 0 Å². The van der Waals surface area contributed by atoms with Gasteiger partial charge in [-0.15, -0.1) is 5.06 Å². The van der Waals surface area contributed by atoms with Gasteiger partial charge in [0, 0.05) is 70.4 Å². The molecule has 0 bridgehead atoms. The lowest BCUT2D eigenvalue weighted by molar-refractivity contribution is -0.154. The highest BCUT2D eigenvalue weighted by atomic mass is 35.5. The Kier molecular flexibility index (Phi) is 7.48. The summed E-state index contributed by atoms with van der Waals surface area (Å²) in [4.78, 5) is 45.0. The Bertz CT molecular complexity index is 1180. The Balaban J connectivity index is 1.07. The minimum absolute atomic E-state index is 0.0870. The molecule has 5 rings (SSSR count). The number of oxime groups is 1. The van der Waals surface area contributed by atoms with Crippen LogP contribution >= 0.6 is 11.6 Å². The summed E-state index contributed by atoms with van der Waals surface area (Å²) in [5, 5.41) is 9.20. The predicted octanol–water partition coefficient (Wildman–Crippen LogP) is 3.72. The summed E-state index contributed by atoms with van der Waals surface area (Å²) in [7, 11) is 0. The number of hydroxylamine groups is 2. The molecule has 2 fully saturated rings. The zero-order chi connectivity index (χ0) is 25.8. The molecule has 0 atom stereocenters. The number of benzene rings is 1. The van der Waals surface area contributed by atoms with Gasteiger partial charge in [0.2, 0.25) is 0 Å². The van der Waals surface area contributed by atoms with E-state index in [9.17, 15) is 9.59 Å². The van der Waals surface area contributed by atoms with Gasteiger partial charge in [-0.2, -0.15) is 0 Å². The van der Waals surface area contributed by atoms with Crippen molar-refractivity contribution < 1.29 is 19.3 Å². The van der Waals surface area contributed by atoms with Gasteiger partial charge in [-0.05, 0) is 36.2 Å². The van der Waals surface area contributed by atoms with Gasteiger partial charge in [-0.3, -0.25) is 10.1 Å². The second-order valence-electron chi connectivity index (χ2n) is 9.56. The lowest BCUT2D eigenvalue weighted by Gasteiger charge is -2.36. The van der Waals surface area contributed by atoms with Crippen LogP contribution in [0.2, 0.25) is 5.02 Å². The van der Waals surface area contributed by atoms with Crippen molar-refractivity contribution in [3.8, 4) is 0 Å². The summed E-state index contributed by atoms with van der Waals surface area (Å²) in [5.41, 5.74) is 1.77. The van der Waals surface area contributed by atoms with Crippen LogP contribution in [-0.4, -0.2) is 77.5 Å². The van der Waals surface area contributed by atoms with E-state index >= 15 is 0 Å². The van der Waals surface area contributed by atoms with E-state index in [2.05, 4.69) is 27.3 Å². The average Bonchev–Trinajstić information content (AvgIpc) is 3.34. The first-order valence-corrected chi connectivity index (χ1v) is 13.1. The average molecular weight is 527 g/mol. The third kappa shape index (κ3) is 5.80. The molecule has 11 heteroatoms. The van der Waals surface area contributed by atoms with Crippen LogP contribution in [0.5, 0.6) is 0 Å². The van der Waals surface area contributed by atoms with Crippen LogP contribution < -0.4 is 10.2 Å². The van der Waals surface area contributed by atoms with E-state index in [1.54, 1.807) is 17.3 Å². The maximum atomic E-state index is 13.1. The highest BCUT2D eigenvalue weighted by Crippen LogP contribution is 2.35. The third-order valence-corrected chi connectivity index (χ3v) is 7.41. The summed E-state index contributed by atoms with van der Waals surface area (Å²) >= 11 is 6.27. The number of halogens is 1. The number of nitrogens with one attached hydrogen (secondary N) is 1. The number of aryl methyl sites for hydroxylation is 1. The number of hydrogen-bond acceptors (Lipinski definition) is 8. The SMILES string of the molecule is CCc1cccc(NC(=O)ON2CCC3(CC2)CC(C(=O)N2CCN(c4ncccc4Cl)CC2)=NO3)c1. The van der Waals surface area contributed by atoms with Crippen molar-refractivity contribution in [1.82, 2.24) is 14.9 Å². The van der Waals surface area contributed by atoms with E-state index in [0.29, 0.717) is 75.0 Å². The molecule has 37 heavy (non-hydrogen) atoms. The van der Waals surface area contributed by atoms with Crippen molar-refractivity contribution in [2.75, 3.05) is 49.5 Å². The Hall–Kier alpha value is -3.37. The van der Waals surface area contributed by atoms with Gasteiger partial charge >= 0.3 is 6.09 Å². The smallest absolute Gasteiger partial charge is 0.388 e. The highest BCUT2D eigenvalue weighted by Gasteiger charge is 2.45. The molecular formula is C26H31ClN6O4. The van der Waals surface area contributed by atoms with Crippen molar-refractivity contribution in [1.29, 1.82) is 0 Å². The van der Waals surface area contributed by atoms with Crippen molar-refractivity contribution in [3.05, 3.63) is 53.2 Å². The van der Waals surface area contributed by atoms with Crippen LogP contribution in [-0.2, 0) is 20.9 Å². The largest absolute Gasteiger partial charge is 0.430 e. The normalized spacial score (nSPS) is 19.4. The van der Waals surface area contributed by atoms with E-state index < -0.39 is 11.7 Å². The molecule has 1 N–H and O–H groups in total. The molecule has 3 aliphatic rings. The number of rotatable bonds is 5. The summed E-state index contributed by atoms with van der Waals surface area (Å²) in [6.45, 7) is 5.50. The summed E-state index contributed by atoms with van der Waals surface area (Å²) in [5.74, 6) is 0.657. The number of amides is 2. The van der Waals surface area contributed by atoms with Crippen molar-refractivity contribution in [2.24, 2.45) is 5.16 Å². The molecule has 0 unspecified atom stereocenters. The number of nitrogens with zero attached hydrogens (tertiary/aromatic N) is 5. The first-order valence-electron chi connectivity index (χ1n) is 12.7. The summed E-state index contributed by atoms with van der Waals surface area (Å²) in [6.07, 6.45) is 3.77. The number of pyridine rings is 1. The fraction of sp³-hybridized carbons (Fsp3) is 0.462. The first kappa shape index (κ1) is 25.3. The lowest BCUT2D eigenvalue weighted by Crippen LogP contribution is -2.51. The van der Waals surface area contributed by atoms with Gasteiger partial charge in [-0.25, -0.2) is 9.78 Å². The monoisotopic (exact) mass is 526 g/mol. The van der Waals surface area contributed by atoms with Crippen LogP contribution in [0.3, 0.4) is 0 Å². The molecule has 2 saturated heterocycles. The number of piperazine rings is 1. The zero-order valence-electron chi connectivity index (χ0n) is 20.9. The molecule has 0 aliphatic carbocycles. The topological polar surface area (TPSA) is 99.6 Å². The highest BCUT2D eigenvalue weighted by molar-refractivity contribution is 6.39. The fourth-order valence-electron chi connectivity index (χ4n) is 4.93. The lowest BCUT2D eigenvalue weighted by atomic mass is 9.87. The van der Waals surface area contributed by atoms with Crippen molar-refractivity contribution in [3.63, 3.8) is 0 Å². The van der Waals surface area contributed by atoms with Gasteiger partial charge < -0.3 is 19.5 Å². The van der Waals surface area contributed by atoms with Gasteiger partial charge in [0.15, 0.2) is 0 Å². The Morgan fingerprint density at radius 1 is 1.11 bits per heavy atom. The maximum absolute atomic E-state index is 13.1. The van der Waals surface area contributed by atoms with Gasteiger partial charge in [0.1, 0.15) is 17.1 Å². The molecule has 10 nitrogen and oxygen atoms in total. The molecule has 1 aromatic carbocycles. The number of carbonyl (C=O) groups excluding carboxylic acids is 2. The van der Waals surface area contributed by atoms with Crippen molar-refractivity contribution >= 4 is 40.8 Å². The molecule has 2 amide bonds. The van der Waals surface area contributed by atoms with E-state index in [1.165, 1.54) is 0 Å². The van der Waals surface area contributed by atoms with Crippen LogP contribution in [0.15, 0.2) is 47.8 Å². The van der Waals surface area contributed by atoms with Gasteiger partial charge in [0.05, 0.1) is 5.02 Å². The molecule has 1 spiro atoms. The number of carbonyl (C=O) groups is 2. The van der Waals surface area contributed by atoms with Crippen LogP contribution in [0.1, 0.15) is 31.7 Å². The predicted molar refractivity (Wildman–Crippen MR) is 141 cm³/mol. The molecule has 0 radical (unpaired) electrons. The van der Waals surface area contributed by atoms with Crippen LogP contribution in [0.25, 0.3) is 0 Å². The van der Waals surface area contributed by atoms with E-state index in [-0.39, 0.29) is 5.91 Å². The molecule has 1 aromatic heterocycles. The third-order valence-electron chi connectivity index (χ3n) is 7.12. The minimum Gasteiger partial charge on any atom is -0.388 e. The second kappa shape index (κ2) is 10.9. The van der Waals surface area contributed by atoms with E-state index in [4.69, 9.17) is 21.3 Å². The quantitative estimate of drug-likeness (QED) is 0.633.